The molecule has 3 rings (SSSR count). The number of benzene rings is 3. The Morgan fingerprint density at radius 2 is 1.53 bits per heavy atom. The number of hydrazine groups is 1. The van der Waals surface area contributed by atoms with E-state index in [9.17, 15) is 27.6 Å². The van der Waals surface area contributed by atoms with Gasteiger partial charge in [0.15, 0.2) is 5.96 Å². The lowest BCUT2D eigenvalue weighted by Gasteiger charge is -2.26. The summed E-state index contributed by atoms with van der Waals surface area (Å²) in [5, 5.41) is 17.7. The molecule has 0 spiro atoms. The highest BCUT2D eigenvalue weighted by Gasteiger charge is 2.30. The lowest BCUT2D eigenvalue weighted by molar-refractivity contribution is -0.139. The van der Waals surface area contributed by atoms with E-state index in [1.165, 1.54) is 12.1 Å². The number of halogens is 3. The number of hydrogen-bond acceptors (Lipinski definition) is 7. The van der Waals surface area contributed by atoms with E-state index in [0.717, 1.165) is 22.0 Å². The fourth-order valence-electron chi connectivity index (χ4n) is 3.87. The van der Waals surface area contributed by atoms with Crippen molar-refractivity contribution in [3.05, 3.63) is 90.0 Å². The fourth-order valence-corrected chi connectivity index (χ4v) is 3.87. The number of amides is 2. The summed E-state index contributed by atoms with van der Waals surface area (Å²) in [5.41, 5.74) is 13.8. The summed E-state index contributed by atoms with van der Waals surface area (Å²) in [6.45, 7) is -0.198. The number of ether oxygens (including phenoxy) is 1. The second-order valence-corrected chi connectivity index (χ2v) is 9.36. The SMILES string of the molecule is N=C(N)N(CCCC(N)C(=O)O)C(=O)CC(=O)N(NCc1ccc(C(F)(F)F)cc1)c1ccc(Oc2ccccc2)cc1. The third-order valence-corrected chi connectivity index (χ3v) is 6.15. The van der Waals surface area contributed by atoms with Crippen molar-refractivity contribution in [3.8, 4) is 11.5 Å². The number of carbonyl (C=O) groups excluding carboxylic acids is 2. The van der Waals surface area contributed by atoms with E-state index in [1.807, 2.05) is 6.07 Å². The molecule has 7 N–H and O–H groups in total. The molecule has 0 fully saturated rings. The maximum absolute atomic E-state index is 13.4. The number of carboxylic acids is 1. The van der Waals surface area contributed by atoms with Crippen LogP contribution in [0.2, 0.25) is 0 Å². The fraction of sp³-hybridized carbons (Fsp3) is 0.241. The number of guanidine groups is 1. The molecule has 43 heavy (non-hydrogen) atoms. The molecular formula is C29H31F3N6O5. The summed E-state index contributed by atoms with van der Waals surface area (Å²) in [6.07, 6.45) is -5.10. The number of nitrogens with two attached hydrogens (primary N) is 2. The Labute approximate surface area is 245 Å². The van der Waals surface area contributed by atoms with Gasteiger partial charge in [-0.15, -0.1) is 0 Å². The lowest BCUT2D eigenvalue weighted by atomic mass is 10.1. The van der Waals surface area contributed by atoms with Gasteiger partial charge in [0.25, 0.3) is 5.91 Å². The normalized spacial score (nSPS) is 11.8. The van der Waals surface area contributed by atoms with E-state index >= 15 is 0 Å². The van der Waals surface area contributed by atoms with Gasteiger partial charge in [-0.1, -0.05) is 30.3 Å². The maximum atomic E-state index is 13.4. The molecule has 14 heteroatoms. The zero-order chi connectivity index (χ0) is 31.6. The minimum Gasteiger partial charge on any atom is -0.480 e. The standard InChI is InChI=1S/C29H31F3N6O5/c30-29(31,32)20-10-8-19(9-11-20)18-36-38(21-12-14-23(15-13-21)43-22-5-2-1-3-6-22)26(40)17-25(39)37(28(34)35)16-4-7-24(33)27(41)42/h1-3,5-6,8-15,24,36H,4,7,16-18,33H2,(H3,34,35)(H,41,42). The highest BCUT2D eigenvalue weighted by atomic mass is 19.4. The third-order valence-electron chi connectivity index (χ3n) is 6.15. The molecule has 0 aliphatic carbocycles. The predicted octanol–water partition coefficient (Wildman–Crippen LogP) is 3.84. The van der Waals surface area contributed by atoms with E-state index in [4.69, 9.17) is 26.7 Å². The van der Waals surface area contributed by atoms with E-state index < -0.39 is 47.9 Å². The Kier molecular flexibility index (Phi) is 11.2. The molecule has 0 heterocycles. The first kappa shape index (κ1) is 32.6. The van der Waals surface area contributed by atoms with Gasteiger partial charge in [-0.3, -0.25) is 24.7 Å². The van der Waals surface area contributed by atoms with Crippen LogP contribution in [0.25, 0.3) is 0 Å². The van der Waals surface area contributed by atoms with Crippen LogP contribution >= 0.6 is 0 Å². The van der Waals surface area contributed by atoms with Crippen LogP contribution < -0.4 is 26.6 Å². The first-order valence-electron chi connectivity index (χ1n) is 13.0. The molecule has 0 aliphatic rings. The zero-order valence-corrected chi connectivity index (χ0v) is 22.9. The van der Waals surface area contributed by atoms with Crippen LogP contribution in [-0.4, -0.2) is 46.3 Å². The molecule has 0 radical (unpaired) electrons. The quantitative estimate of drug-likeness (QED) is 0.0851. The molecule has 0 aromatic heterocycles. The largest absolute Gasteiger partial charge is 0.480 e. The van der Waals surface area contributed by atoms with E-state index in [0.29, 0.717) is 22.7 Å². The van der Waals surface area contributed by atoms with Crippen molar-refractivity contribution < 1.29 is 37.4 Å². The monoisotopic (exact) mass is 600 g/mol. The number of rotatable bonds is 13. The number of hydrogen-bond donors (Lipinski definition) is 5. The third kappa shape index (κ3) is 9.83. The van der Waals surface area contributed by atoms with Crippen LogP contribution in [0.15, 0.2) is 78.9 Å². The van der Waals surface area contributed by atoms with Gasteiger partial charge in [-0.05, 0) is 66.9 Å². The molecule has 0 saturated heterocycles. The van der Waals surface area contributed by atoms with Crippen LogP contribution in [-0.2, 0) is 27.1 Å². The molecule has 3 aromatic rings. The minimum atomic E-state index is -4.50. The van der Waals surface area contributed by atoms with Crippen LogP contribution in [0.4, 0.5) is 18.9 Å². The van der Waals surface area contributed by atoms with Crippen molar-refractivity contribution in [2.24, 2.45) is 11.5 Å². The zero-order valence-electron chi connectivity index (χ0n) is 22.9. The highest BCUT2D eigenvalue weighted by molar-refractivity contribution is 6.08. The van der Waals surface area contributed by atoms with Crippen LogP contribution in [0, 0.1) is 5.41 Å². The van der Waals surface area contributed by atoms with E-state index in [1.54, 1.807) is 48.5 Å². The van der Waals surface area contributed by atoms with Crippen molar-refractivity contribution in [2.75, 3.05) is 11.6 Å². The summed E-state index contributed by atoms with van der Waals surface area (Å²) < 4.78 is 44.6. The van der Waals surface area contributed by atoms with Gasteiger partial charge in [0.2, 0.25) is 5.91 Å². The number of alkyl halides is 3. The molecular weight excluding hydrogens is 569 g/mol. The summed E-state index contributed by atoms with van der Waals surface area (Å²) >= 11 is 0. The lowest BCUT2D eigenvalue weighted by Crippen LogP contribution is -2.48. The van der Waals surface area contributed by atoms with Crippen molar-refractivity contribution >= 4 is 29.4 Å². The van der Waals surface area contributed by atoms with Gasteiger partial charge in [-0.2, -0.15) is 13.2 Å². The topological polar surface area (TPSA) is 175 Å². The molecule has 11 nitrogen and oxygen atoms in total. The van der Waals surface area contributed by atoms with Crippen molar-refractivity contribution in [1.82, 2.24) is 10.3 Å². The van der Waals surface area contributed by atoms with Crippen molar-refractivity contribution in [1.29, 1.82) is 5.41 Å². The van der Waals surface area contributed by atoms with Gasteiger partial charge in [0, 0.05) is 13.1 Å². The van der Waals surface area contributed by atoms with Crippen molar-refractivity contribution in [3.63, 3.8) is 0 Å². The molecule has 228 valence electrons. The average molecular weight is 601 g/mol. The second-order valence-electron chi connectivity index (χ2n) is 9.36. The first-order chi connectivity index (χ1) is 20.3. The number of carbonyl (C=O) groups is 3. The summed E-state index contributed by atoms with van der Waals surface area (Å²) in [5.74, 6) is -2.36. The average Bonchev–Trinajstić information content (AvgIpc) is 2.96. The maximum Gasteiger partial charge on any atom is 0.416 e. The molecule has 1 unspecified atom stereocenters. The number of para-hydroxylation sites is 1. The number of aliphatic carboxylic acids is 1. The van der Waals surface area contributed by atoms with Gasteiger partial charge in [0.1, 0.15) is 24.0 Å². The van der Waals surface area contributed by atoms with Gasteiger partial charge >= 0.3 is 12.1 Å². The molecule has 1 atom stereocenters. The molecule has 3 aromatic carbocycles. The Morgan fingerprint density at radius 1 is 0.930 bits per heavy atom. The smallest absolute Gasteiger partial charge is 0.416 e. The summed E-state index contributed by atoms with van der Waals surface area (Å²) in [6, 6.07) is 18.5. The van der Waals surface area contributed by atoms with Gasteiger partial charge < -0.3 is 21.3 Å². The number of anilines is 1. The van der Waals surface area contributed by atoms with Crippen LogP contribution in [0.1, 0.15) is 30.4 Å². The molecule has 2 amide bonds. The minimum absolute atomic E-state index is 0.0125. The Hall–Kier alpha value is -4.95. The Bertz CT molecular complexity index is 1400. The Morgan fingerprint density at radius 3 is 2.09 bits per heavy atom. The highest BCUT2D eigenvalue weighted by Crippen LogP contribution is 2.29. The van der Waals surface area contributed by atoms with E-state index in [2.05, 4.69) is 5.43 Å². The number of carboxylic acid groups (broad SMARTS) is 1. The van der Waals surface area contributed by atoms with E-state index in [-0.39, 0.29) is 25.9 Å². The van der Waals surface area contributed by atoms with Crippen molar-refractivity contribution in [2.45, 2.75) is 38.0 Å². The summed E-state index contributed by atoms with van der Waals surface area (Å²) in [4.78, 5) is 38.1. The molecule has 0 aliphatic heterocycles. The number of nitrogens with one attached hydrogen (secondary N) is 2. The van der Waals surface area contributed by atoms with Crippen LogP contribution in [0.3, 0.4) is 0 Å². The summed E-state index contributed by atoms with van der Waals surface area (Å²) in [7, 11) is 0. The molecule has 0 bridgehead atoms. The van der Waals surface area contributed by atoms with Gasteiger partial charge in [-0.25, -0.2) is 10.4 Å². The molecule has 0 saturated carbocycles. The first-order valence-corrected chi connectivity index (χ1v) is 13.0. The number of nitrogens with zero attached hydrogens (tertiary/aromatic N) is 2. The predicted molar refractivity (Wildman–Crippen MR) is 152 cm³/mol. The van der Waals surface area contributed by atoms with Crippen LogP contribution in [0.5, 0.6) is 11.5 Å². The Balaban J connectivity index is 1.77. The second kappa shape index (κ2) is 14.8. The van der Waals surface area contributed by atoms with Gasteiger partial charge in [0.05, 0.1) is 11.3 Å².